The van der Waals surface area contributed by atoms with Crippen molar-refractivity contribution in [3.8, 4) is 11.8 Å². The summed E-state index contributed by atoms with van der Waals surface area (Å²) in [6.07, 6.45) is 0. The van der Waals surface area contributed by atoms with E-state index in [9.17, 15) is 12.8 Å². The molecule has 0 N–H and O–H groups in total. The van der Waals surface area contributed by atoms with Gasteiger partial charge in [-0.3, -0.25) is 0 Å². The van der Waals surface area contributed by atoms with Gasteiger partial charge in [-0.05, 0) is 48.5 Å². The van der Waals surface area contributed by atoms with Crippen LogP contribution < -0.4 is 4.74 Å². The van der Waals surface area contributed by atoms with Crippen molar-refractivity contribution in [1.29, 1.82) is 5.26 Å². The van der Waals surface area contributed by atoms with Crippen molar-refractivity contribution in [3.05, 3.63) is 59.9 Å². The molecule has 0 saturated carbocycles. The quantitative estimate of drug-likeness (QED) is 0.813. The monoisotopic (exact) mass is 334 g/mol. The van der Waals surface area contributed by atoms with Gasteiger partial charge in [0.15, 0.2) is 0 Å². The van der Waals surface area contributed by atoms with E-state index >= 15 is 0 Å². The van der Waals surface area contributed by atoms with Crippen molar-refractivity contribution < 1.29 is 17.5 Å². The molecule has 0 atom stereocenters. The maximum Gasteiger partial charge on any atom is 0.242 e. The van der Waals surface area contributed by atoms with Crippen molar-refractivity contribution >= 4 is 10.0 Å². The number of nitriles is 1. The van der Waals surface area contributed by atoms with Crippen LogP contribution in [-0.2, 0) is 10.0 Å². The summed E-state index contributed by atoms with van der Waals surface area (Å²) in [5, 5.41) is 8.70. The Morgan fingerprint density at radius 2 is 1.74 bits per heavy atom. The fourth-order valence-corrected chi connectivity index (χ4v) is 2.98. The van der Waals surface area contributed by atoms with E-state index in [4.69, 9.17) is 10.00 Å². The second-order valence-corrected chi connectivity index (χ2v) is 6.81. The second kappa shape index (κ2) is 7.22. The minimum absolute atomic E-state index is 0.0276. The molecule has 0 heterocycles. The number of ether oxygens (including phenoxy) is 1. The Kier molecular flexibility index (Phi) is 5.32. The molecule has 0 spiro atoms. The number of benzene rings is 2. The SMILES string of the molecule is CN(CCOc1ccc(C#N)cc1)S(=O)(=O)c1ccc(F)cc1. The molecule has 120 valence electrons. The molecule has 0 fully saturated rings. The summed E-state index contributed by atoms with van der Waals surface area (Å²) < 4.78 is 44.0. The van der Waals surface area contributed by atoms with Gasteiger partial charge in [-0.15, -0.1) is 0 Å². The molecule has 0 saturated heterocycles. The van der Waals surface area contributed by atoms with Crippen LogP contribution in [0.3, 0.4) is 0 Å². The third-order valence-corrected chi connectivity index (χ3v) is 5.05. The van der Waals surface area contributed by atoms with Crippen molar-refractivity contribution in [2.45, 2.75) is 4.90 Å². The van der Waals surface area contributed by atoms with Crippen molar-refractivity contribution in [2.24, 2.45) is 0 Å². The minimum atomic E-state index is -3.68. The maximum absolute atomic E-state index is 12.9. The van der Waals surface area contributed by atoms with Crippen LogP contribution in [0.1, 0.15) is 5.56 Å². The Hall–Kier alpha value is -2.43. The van der Waals surface area contributed by atoms with Crippen LogP contribution in [0, 0.1) is 17.1 Å². The molecule has 0 aromatic heterocycles. The average molecular weight is 334 g/mol. The van der Waals surface area contributed by atoms with Crippen molar-refractivity contribution in [3.63, 3.8) is 0 Å². The summed E-state index contributed by atoms with van der Waals surface area (Å²) in [6.45, 7) is 0.294. The molecule has 0 unspecified atom stereocenters. The van der Waals surface area contributed by atoms with Gasteiger partial charge in [-0.2, -0.15) is 9.57 Å². The van der Waals surface area contributed by atoms with E-state index in [1.165, 1.54) is 19.2 Å². The fourth-order valence-electron chi connectivity index (χ4n) is 1.82. The summed E-state index contributed by atoms with van der Waals surface area (Å²) in [6, 6.07) is 13.2. The van der Waals surface area contributed by atoms with Crippen LogP contribution in [0.25, 0.3) is 0 Å². The molecule has 2 aromatic carbocycles. The van der Waals surface area contributed by atoms with Crippen molar-refractivity contribution in [2.75, 3.05) is 20.2 Å². The van der Waals surface area contributed by atoms with Crippen molar-refractivity contribution in [1.82, 2.24) is 4.31 Å². The largest absolute Gasteiger partial charge is 0.492 e. The van der Waals surface area contributed by atoms with E-state index < -0.39 is 15.8 Å². The summed E-state index contributed by atoms with van der Waals surface area (Å²) in [4.78, 5) is 0.0276. The lowest BCUT2D eigenvalue weighted by molar-refractivity contribution is 0.287. The Labute approximate surface area is 134 Å². The highest BCUT2D eigenvalue weighted by atomic mass is 32.2. The summed E-state index contributed by atoms with van der Waals surface area (Å²) in [5.41, 5.74) is 0.522. The molecule has 0 aliphatic carbocycles. The zero-order chi connectivity index (χ0) is 16.9. The van der Waals surface area contributed by atoms with Crippen LogP contribution >= 0.6 is 0 Å². The third-order valence-electron chi connectivity index (χ3n) is 3.18. The minimum Gasteiger partial charge on any atom is -0.492 e. The Morgan fingerprint density at radius 1 is 1.13 bits per heavy atom. The molecule has 0 aliphatic heterocycles. The molecule has 0 aliphatic rings. The molecule has 2 aromatic rings. The zero-order valence-corrected chi connectivity index (χ0v) is 13.3. The van der Waals surface area contributed by atoms with Gasteiger partial charge in [-0.25, -0.2) is 12.8 Å². The maximum atomic E-state index is 12.9. The second-order valence-electron chi connectivity index (χ2n) is 4.77. The molecular formula is C16H15FN2O3S. The number of hydrogen-bond donors (Lipinski definition) is 0. The van der Waals surface area contributed by atoms with Gasteiger partial charge >= 0.3 is 0 Å². The normalized spacial score (nSPS) is 11.2. The highest BCUT2D eigenvalue weighted by Gasteiger charge is 2.20. The molecule has 0 bridgehead atoms. The van der Waals surface area contributed by atoms with Crippen LogP contribution in [0.5, 0.6) is 5.75 Å². The van der Waals surface area contributed by atoms with E-state index in [-0.39, 0.29) is 18.0 Å². The highest BCUT2D eigenvalue weighted by Crippen LogP contribution is 2.15. The molecule has 0 radical (unpaired) electrons. The van der Waals surface area contributed by atoms with Crippen LogP contribution in [-0.4, -0.2) is 32.9 Å². The Bertz CT molecular complexity index is 797. The van der Waals surface area contributed by atoms with Crippen LogP contribution in [0.4, 0.5) is 4.39 Å². The summed E-state index contributed by atoms with van der Waals surface area (Å²) in [5.74, 6) is 0.0623. The molecule has 23 heavy (non-hydrogen) atoms. The van der Waals surface area contributed by atoms with E-state index in [0.29, 0.717) is 11.3 Å². The number of sulfonamides is 1. The van der Waals surface area contributed by atoms with Gasteiger partial charge in [0.2, 0.25) is 10.0 Å². The molecule has 7 heteroatoms. The van der Waals surface area contributed by atoms with Gasteiger partial charge < -0.3 is 4.74 Å². The lowest BCUT2D eigenvalue weighted by Crippen LogP contribution is -2.31. The molecule has 5 nitrogen and oxygen atoms in total. The van der Waals surface area contributed by atoms with E-state index in [0.717, 1.165) is 16.4 Å². The number of halogens is 1. The highest BCUT2D eigenvalue weighted by molar-refractivity contribution is 7.89. The number of hydrogen-bond acceptors (Lipinski definition) is 4. The lowest BCUT2D eigenvalue weighted by Gasteiger charge is -2.17. The molecular weight excluding hydrogens is 319 g/mol. The van der Waals surface area contributed by atoms with Gasteiger partial charge in [0.1, 0.15) is 18.2 Å². The molecule has 0 amide bonds. The van der Waals surface area contributed by atoms with E-state index in [1.807, 2.05) is 6.07 Å². The number of nitrogens with zero attached hydrogens (tertiary/aromatic N) is 2. The Morgan fingerprint density at radius 3 is 2.30 bits per heavy atom. The van der Waals surface area contributed by atoms with Crippen LogP contribution in [0.2, 0.25) is 0 Å². The summed E-state index contributed by atoms with van der Waals surface area (Å²) in [7, 11) is -2.25. The summed E-state index contributed by atoms with van der Waals surface area (Å²) >= 11 is 0. The standard InChI is InChI=1S/C16H15FN2O3S/c1-19(23(20,21)16-8-4-14(17)5-9-16)10-11-22-15-6-2-13(12-18)3-7-15/h2-9H,10-11H2,1H3. The first-order chi connectivity index (χ1) is 10.9. The number of likely N-dealkylation sites (N-methyl/N-ethyl adjacent to an activating group) is 1. The Balaban J connectivity index is 1.94. The first-order valence-electron chi connectivity index (χ1n) is 6.78. The van der Waals surface area contributed by atoms with E-state index in [2.05, 4.69) is 0 Å². The first kappa shape index (κ1) is 16.9. The van der Waals surface area contributed by atoms with E-state index in [1.54, 1.807) is 24.3 Å². The number of rotatable bonds is 6. The van der Waals surface area contributed by atoms with Gasteiger partial charge in [0, 0.05) is 13.6 Å². The first-order valence-corrected chi connectivity index (χ1v) is 8.22. The average Bonchev–Trinajstić information content (AvgIpc) is 2.55. The van der Waals surface area contributed by atoms with Gasteiger partial charge in [0.25, 0.3) is 0 Å². The fraction of sp³-hybridized carbons (Fsp3) is 0.188. The smallest absolute Gasteiger partial charge is 0.242 e. The third kappa shape index (κ3) is 4.28. The molecule has 2 rings (SSSR count). The predicted molar refractivity (Wildman–Crippen MR) is 82.9 cm³/mol. The van der Waals surface area contributed by atoms with Gasteiger partial charge in [0.05, 0.1) is 16.5 Å². The zero-order valence-electron chi connectivity index (χ0n) is 12.4. The topological polar surface area (TPSA) is 70.4 Å². The predicted octanol–water partition coefficient (Wildman–Crippen LogP) is 2.40. The lowest BCUT2D eigenvalue weighted by atomic mass is 10.2. The van der Waals surface area contributed by atoms with Gasteiger partial charge in [-0.1, -0.05) is 0 Å². The van der Waals surface area contributed by atoms with Crippen LogP contribution in [0.15, 0.2) is 53.4 Å².